The third-order valence-electron chi connectivity index (χ3n) is 7.86. The van der Waals surface area contributed by atoms with Crippen LogP contribution in [0, 0.1) is 36.5 Å². The summed E-state index contributed by atoms with van der Waals surface area (Å²) in [5.74, 6) is 0.467. The highest BCUT2D eigenvalue weighted by Gasteiger charge is 2.18. The molecule has 0 fully saturated rings. The molecule has 5 nitrogen and oxygen atoms in total. The van der Waals surface area contributed by atoms with E-state index < -0.39 is 0 Å². The predicted molar refractivity (Wildman–Crippen MR) is 172 cm³/mol. The monoisotopic (exact) mass is 551 g/mol. The third kappa shape index (κ3) is 4.60. The van der Waals surface area contributed by atoms with Crippen molar-refractivity contribution in [2.75, 3.05) is 0 Å². The van der Waals surface area contributed by atoms with Gasteiger partial charge in [-0.25, -0.2) is 9.97 Å². The van der Waals surface area contributed by atoms with Gasteiger partial charge in [0, 0.05) is 28.7 Å². The minimum absolute atomic E-state index is 0.390. The molecule has 5 heteroatoms. The van der Waals surface area contributed by atoms with Crippen LogP contribution in [0.15, 0.2) is 116 Å². The predicted octanol–water partition coefficient (Wildman–Crippen LogP) is 8.93. The van der Waals surface area contributed by atoms with Crippen LogP contribution in [0.1, 0.15) is 22.3 Å². The first-order valence-electron chi connectivity index (χ1n) is 14.0. The number of rotatable bonds is 4. The van der Waals surface area contributed by atoms with Crippen molar-refractivity contribution in [3.8, 4) is 51.5 Å². The van der Waals surface area contributed by atoms with Crippen LogP contribution < -0.4 is 0 Å². The summed E-state index contributed by atoms with van der Waals surface area (Å²) in [5.41, 5.74) is 11.5. The molecule has 0 radical (unpaired) electrons. The largest absolute Gasteiger partial charge is 0.308 e. The molecule has 0 atom stereocenters. The molecule has 0 saturated carbocycles. The molecule has 7 rings (SSSR count). The number of aryl methyl sites for hydroxylation is 2. The minimum atomic E-state index is 0.390. The summed E-state index contributed by atoms with van der Waals surface area (Å²) in [5, 5.41) is 21.6. The molecule has 0 aliphatic heterocycles. The standard InChI is InChI=1S/C38H25N5/c1-24-5-3-7-27(15-24)29-9-13-36-33(18-29)34-19-30(28-8-4-6-25(2)16-28)10-14-37(34)43(36)35-12-11-31(17-32(35)21-40)38-41-22-26(20-39)23-42-38/h3-19,22-23H,1-2H3. The molecule has 0 aliphatic rings. The quantitative estimate of drug-likeness (QED) is 0.219. The topological polar surface area (TPSA) is 78.3 Å². The van der Waals surface area contributed by atoms with Crippen LogP contribution >= 0.6 is 0 Å². The second-order valence-electron chi connectivity index (χ2n) is 10.8. The zero-order valence-electron chi connectivity index (χ0n) is 23.7. The van der Waals surface area contributed by atoms with Crippen molar-refractivity contribution in [3.05, 3.63) is 138 Å². The van der Waals surface area contributed by atoms with Crippen LogP contribution in [0.4, 0.5) is 0 Å². The Kier molecular flexibility index (Phi) is 6.27. The number of fused-ring (bicyclic) bond motifs is 3. The molecule has 2 heterocycles. The van der Waals surface area contributed by atoms with Crippen molar-refractivity contribution in [2.45, 2.75) is 13.8 Å². The number of hydrogen-bond donors (Lipinski definition) is 0. The maximum Gasteiger partial charge on any atom is 0.159 e. The third-order valence-corrected chi connectivity index (χ3v) is 7.86. The second kappa shape index (κ2) is 10.4. The molecule has 0 bridgehead atoms. The fourth-order valence-electron chi connectivity index (χ4n) is 5.79. The average Bonchev–Trinajstić information content (AvgIpc) is 3.37. The zero-order chi connectivity index (χ0) is 29.5. The van der Waals surface area contributed by atoms with E-state index in [-0.39, 0.29) is 0 Å². The second-order valence-corrected chi connectivity index (χ2v) is 10.8. The summed E-state index contributed by atoms with van der Waals surface area (Å²) >= 11 is 0. The van der Waals surface area contributed by atoms with Gasteiger partial charge in [-0.05, 0) is 78.6 Å². The Hall–Kier alpha value is -6.04. The Morgan fingerprint density at radius 3 is 1.60 bits per heavy atom. The first-order chi connectivity index (χ1) is 21.0. The van der Waals surface area contributed by atoms with Gasteiger partial charge in [-0.1, -0.05) is 71.8 Å². The fraction of sp³-hybridized carbons (Fsp3) is 0.0526. The maximum absolute atomic E-state index is 10.3. The Morgan fingerprint density at radius 1 is 0.558 bits per heavy atom. The summed E-state index contributed by atoms with van der Waals surface area (Å²) in [6, 6.07) is 40.4. The van der Waals surface area contributed by atoms with Crippen molar-refractivity contribution < 1.29 is 0 Å². The number of aromatic nitrogens is 3. The van der Waals surface area contributed by atoms with Crippen LogP contribution in [0.3, 0.4) is 0 Å². The van der Waals surface area contributed by atoms with Crippen molar-refractivity contribution in [1.29, 1.82) is 10.5 Å². The van der Waals surface area contributed by atoms with Crippen molar-refractivity contribution >= 4 is 21.8 Å². The molecule has 0 spiro atoms. The van der Waals surface area contributed by atoms with E-state index >= 15 is 0 Å². The van der Waals surface area contributed by atoms with Gasteiger partial charge in [-0.2, -0.15) is 10.5 Å². The summed E-state index contributed by atoms with van der Waals surface area (Å²) in [6.45, 7) is 4.22. The van der Waals surface area contributed by atoms with Crippen molar-refractivity contribution in [1.82, 2.24) is 14.5 Å². The van der Waals surface area contributed by atoms with E-state index in [2.05, 4.69) is 119 Å². The maximum atomic E-state index is 10.3. The lowest BCUT2D eigenvalue weighted by molar-refractivity contribution is 1.14. The molecule has 0 saturated heterocycles. The van der Waals surface area contributed by atoms with E-state index in [0.29, 0.717) is 22.5 Å². The van der Waals surface area contributed by atoms with E-state index in [4.69, 9.17) is 5.26 Å². The fourth-order valence-corrected chi connectivity index (χ4v) is 5.79. The molecule has 0 amide bonds. The molecule has 0 unspecified atom stereocenters. The number of hydrogen-bond acceptors (Lipinski definition) is 4. The molecule has 43 heavy (non-hydrogen) atoms. The minimum Gasteiger partial charge on any atom is -0.308 e. The first-order valence-corrected chi connectivity index (χ1v) is 14.0. The van der Waals surface area contributed by atoms with Gasteiger partial charge in [0.25, 0.3) is 0 Å². The van der Waals surface area contributed by atoms with E-state index in [1.807, 2.05) is 24.3 Å². The number of benzene rings is 5. The Balaban J connectivity index is 1.47. The van der Waals surface area contributed by atoms with Crippen molar-refractivity contribution in [3.63, 3.8) is 0 Å². The van der Waals surface area contributed by atoms with E-state index in [0.717, 1.165) is 38.6 Å². The Labute approximate surface area is 249 Å². The number of nitrogens with zero attached hydrogens (tertiary/aromatic N) is 5. The van der Waals surface area contributed by atoms with E-state index in [1.165, 1.54) is 34.6 Å². The van der Waals surface area contributed by atoms with Gasteiger partial charge in [0.2, 0.25) is 0 Å². The van der Waals surface area contributed by atoms with Crippen LogP contribution in [-0.4, -0.2) is 14.5 Å². The molecular formula is C38H25N5. The molecule has 0 N–H and O–H groups in total. The van der Waals surface area contributed by atoms with Crippen LogP contribution in [0.2, 0.25) is 0 Å². The highest BCUT2D eigenvalue weighted by Crippen LogP contribution is 2.38. The SMILES string of the molecule is Cc1cccc(-c2ccc3c(c2)c2cc(-c4cccc(C)c4)ccc2n3-c2ccc(-c3ncc(C#N)cn3)cc2C#N)c1. The van der Waals surface area contributed by atoms with Gasteiger partial charge in [0.05, 0.1) is 27.8 Å². The lowest BCUT2D eigenvalue weighted by atomic mass is 9.99. The first kappa shape index (κ1) is 25.9. The lowest BCUT2D eigenvalue weighted by Crippen LogP contribution is -1.99. The average molecular weight is 552 g/mol. The van der Waals surface area contributed by atoms with Crippen LogP contribution in [0.25, 0.3) is 61.1 Å². The Bertz CT molecular complexity index is 2180. The van der Waals surface area contributed by atoms with Crippen molar-refractivity contribution in [2.24, 2.45) is 0 Å². The summed E-state index contributed by atoms with van der Waals surface area (Å²) < 4.78 is 2.17. The molecule has 7 aromatic rings. The summed E-state index contributed by atoms with van der Waals surface area (Å²) in [7, 11) is 0. The zero-order valence-corrected chi connectivity index (χ0v) is 23.7. The molecule has 2 aromatic heterocycles. The molecule has 5 aromatic carbocycles. The van der Waals surface area contributed by atoms with Crippen LogP contribution in [0.5, 0.6) is 0 Å². The molecule has 0 aliphatic carbocycles. The van der Waals surface area contributed by atoms with Crippen LogP contribution in [-0.2, 0) is 0 Å². The van der Waals surface area contributed by atoms with Gasteiger partial charge in [0.15, 0.2) is 5.82 Å². The smallest absolute Gasteiger partial charge is 0.159 e. The lowest BCUT2D eigenvalue weighted by Gasteiger charge is -2.12. The van der Waals surface area contributed by atoms with Gasteiger partial charge in [-0.15, -0.1) is 0 Å². The summed E-state index contributed by atoms with van der Waals surface area (Å²) in [4.78, 5) is 8.65. The van der Waals surface area contributed by atoms with E-state index in [1.54, 1.807) is 0 Å². The Morgan fingerprint density at radius 2 is 1.09 bits per heavy atom. The van der Waals surface area contributed by atoms with Gasteiger partial charge < -0.3 is 4.57 Å². The van der Waals surface area contributed by atoms with Gasteiger partial charge in [-0.3, -0.25) is 0 Å². The summed E-state index contributed by atoms with van der Waals surface area (Å²) in [6.07, 6.45) is 2.99. The molecular weight excluding hydrogens is 526 g/mol. The van der Waals surface area contributed by atoms with Gasteiger partial charge >= 0.3 is 0 Å². The van der Waals surface area contributed by atoms with Gasteiger partial charge in [0.1, 0.15) is 12.1 Å². The highest BCUT2D eigenvalue weighted by atomic mass is 15.0. The van der Waals surface area contributed by atoms with E-state index in [9.17, 15) is 5.26 Å². The normalized spacial score (nSPS) is 11.0. The molecule has 202 valence electrons. The highest BCUT2D eigenvalue weighted by molar-refractivity contribution is 6.11. The number of nitriles is 2.